The van der Waals surface area contributed by atoms with Gasteiger partial charge in [0.05, 0.1) is 5.36 Å². The van der Waals surface area contributed by atoms with Crippen LogP contribution in [-0.4, -0.2) is 23.4 Å². The highest BCUT2D eigenvalue weighted by molar-refractivity contribution is 6.39. The van der Waals surface area contributed by atoms with E-state index in [2.05, 4.69) is 15.5 Å². The zero-order valence-corrected chi connectivity index (χ0v) is 13.3. The van der Waals surface area contributed by atoms with Crippen molar-refractivity contribution < 1.29 is 14.4 Å². The van der Waals surface area contributed by atoms with E-state index in [-0.39, 0.29) is 5.57 Å². The lowest BCUT2D eigenvalue weighted by molar-refractivity contribution is -0.144. The van der Waals surface area contributed by atoms with Crippen molar-refractivity contribution in [1.29, 1.82) is 0 Å². The van der Waals surface area contributed by atoms with Crippen molar-refractivity contribution in [2.75, 3.05) is 6.54 Å². The fourth-order valence-electron chi connectivity index (χ4n) is 2.95. The summed E-state index contributed by atoms with van der Waals surface area (Å²) in [6.45, 7) is 0.438. The predicted molar refractivity (Wildman–Crippen MR) is 91.7 cm³/mol. The Kier molecular flexibility index (Phi) is 3.87. The number of nitrogens with one attached hydrogen (secondary N) is 2. The largest absolute Gasteiger partial charge is 0.367 e. The smallest absolute Gasteiger partial charge is 0.363 e. The number of H-pyrrole nitrogens is 1. The number of aromatic nitrogens is 1. The summed E-state index contributed by atoms with van der Waals surface area (Å²) in [6.07, 6.45) is 2.63. The molecular weight excluding hydrogens is 318 g/mol. The first-order chi connectivity index (χ1) is 12.2. The van der Waals surface area contributed by atoms with Crippen molar-refractivity contribution in [1.82, 2.24) is 10.5 Å². The highest BCUT2D eigenvalue weighted by Crippen LogP contribution is 2.17. The van der Waals surface area contributed by atoms with Gasteiger partial charge in [0, 0.05) is 28.9 Å². The Balaban J connectivity index is 1.40. The Morgan fingerprint density at radius 3 is 2.84 bits per heavy atom. The van der Waals surface area contributed by atoms with Gasteiger partial charge in [-0.2, -0.15) is 5.48 Å². The van der Waals surface area contributed by atoms with E-state index in [0.717, 1.165) is 16.5 Å². The minimum atomic E-state index is -0.711. The molecule has 0 radical (unpaired) electrons. The molecule has 0 unspecified atom stereocenters. The van der Waals surface area contributed by atoms with Gasteiger partial charge in [0.15, 0.2) is 0 Å². The monoisotopic (exact) mass is 333 g/mol. The normalized spacial score (nSPS) is 13.0. The molecule has 2 aromatic carbocycles. The molecule has 0 saturated carbocycles. The van der Waals surface area contributed by atoms with E-state index in [1.807, 2.05) is 30.5 Å². The Labute approximate surface area is 142 Å². The Bertz CT molecular complexity index is 1100. The number of hydroxylamine groups is 1. The second-order valence-corrected chi connectivity index (χ2v) is 5.70. The van der Waals surface area contributed by atoms with E-state index in [0.29, 0.717) is 23.5 Å². The molecule has 0 bridgehead atoms. The molecule has 0 aliphatic carbocycles. The van der Waals surface area contributed by atoms with Crippen molar-refractivity contribution >= 4 is 28.4 Å². The number of hydrogen-bond acceptors (Lipinski definition) is 4. The SMILES string of the molecule is O=C1N=c2ccccc2=C1C(=O)ONCCc1c[nH]c2ccccc12. The van der Waals surface area contributed by atoms with E-state index < -0.39 is 11.9 Å². The second-order valence-electron chi connectivity index (χ2n) is 5.70. The first-order valence-electron chi connectivity index (χ1n) is 7.95. The highest BCUT2D eigenvalue weighted by Gasteiger charge is 2.25. The maximum atomic E-state index is 12.2. The van der Waals surface area contributed by atoms with Crippen LogP contribution in [-0.2, 0) is 20.8 Å². The Morgan fingerprint density at radius 2 is 1.92 bits per heavy atom. The first-order valence-corrected chi connectivity index (χ1v) is 7.95. The number of nitrogens with zero attached hydrogens (tertiary/aromatic N) is 1. The molecule has 124 valence electrons. The molecule has 25 heavy (non-hydrogen) atoms. The first kappa shape index (κ1) is 15.3. The molecule has 0 atom stereocenters. The lowest BCUT2D eigenvalue weighted by Crippen LogP contribution is -2.29. The number of para-hydroxylation sites is 2. The van der Waals surface area contributed by atoms with Crippen molar-refractivity contribution in [3.05, 3.63) is 70.9 Å². The third-order valence-electron chi connectivity index (χ3n) is 4.15. The van der Waals surface area contributed by atoms with Gasteiger partial charge >= 0.3 is 5.97 Å². The van der Waals surface area contributed by atoms with Crippen molar-refractivity contribution in [3.8, 4) is 0 Å². The summed E-state index contributed by atoms with van der Waals surface area (Å²) < 4.78 is 0. The Hall–Kier alpha value is -3.25. The van der Waals surface area contributed by atoms with Gasteiger partial charge in [-0.15, -0.1) is 0 Å². The third-order valence-corrected chi connectivity index (χ3v) is 4.15. The molecular formula is C19H15N3O3. The van der Waals surface area contributed by atoms with E-state index in [4.69, 9.17) is 4.84 Å². The van der Waals surface area contributed by atoms with Gasteiger partial charge in [0.1, 0.15) is 5.57 Å². The summed E-state index contributed by atoms with van der Waals surface area (Å²) in [5, 5.41) is 2.15. The van der Waals surface area contributed by atoms with E-state index >= 15 is 0 Å². The summed E-state index contributed by atoms with van der Waals surface area (Å²) in [4.78, 5) is 36.2. The molecule has 3 aromatic rings. The number of rotatable bonds is 5. The lowest BCUT2D eigenvalue weighted by atomic mass is 10.1. The highest BCUT2D eigenvalue weighted by atomic mass is 16.7. The molecule has 0 spiro atoms. The molecule has 2 N–H and O–H groups in total. The summed E-state index contributed by atoms with van der Waals surface area (Å²) in [5.74, 6) is -1.28. The summed E-state index contributed by atoms with van der Waals surface area (Å²) in [5.41, 5.74) is 4.80. The van der Waals surface area contributed by atoms with Gasteiger partial charge in [0.2, 0.25) is 0 Å². The number of carbonyl (C=O) groups is 2. The molecule has 2 heterocycles. The number of aromatic amines is 1. The molecule has 6 heteroatoms. The number of carbonyl (C=O) groups excluding carboxylic acids is 2. The molecule has 1 amide bonds. The van der Waals surface area contributed by atoms with Crippen LogP contribution in [0.3, 0.4) is 0 Å². The topological polar surface area (TPSA) is 83.6 Å². The fourth-order valence-corrected chi connectivity index (χ4v) is 2.95. The lowest BCUT2D eigenvalue weighted by Gasteiger charge is -2.05. The van der Waals surface area contributed by atoms with Crippen LogP contribution < -0.4 is 16.1 Å². The zero-order chi connectivity index (χ0) is 17.2. The minimum absolute atomic E-state index is 0.0322. The quantitative estimate of drug-likeness (QED) is 0.534. The van der Waals surface area contributed by atoms with Crippen LogP contribution in [0.15, 0.2) is 59.7 Å². The number of amides is 1. The zero-order valence-electron chi connectivity index (χ0n) is 13.3. The van der Waals surface area contributed by atoms with Crippen LogP contribution in [0.1, 0.15) is 5.56 Å². The average molecular weight is 333 g/mol. The molecule has 0 fully saturated rings. The molecule has 0 saturated heterocycles. The molecule has 1 aliphatic heterocycles. The number of hydrogen-bond donors (Lipinski definition) is 2. The Morgan fingerprint density at radius 1 is 1.12 bits per heavy atom. The maximum absolute atomic E-state index is 12.2. The summed E-state index contributed by atoms with van der Waals surface area (Å²) >= 11 is 0. The van der Waals surface area contributed by atoms with Crippen LogP contribution in [0.25, 0.3) is 16.5 Å². The molecule has 4 rings (SSSR count). The van der Waals surface area contributed by atoms with Crippen LogP contribution >= 0.6 is 0 Å². The molecule has 6 nitrogen and oxygen atoms in total. The van der Waals surface area contributed by atoms with E-state index in [1.165, 1.54) is 0 Å². The average Bonchev–Trinajstić information content (AvgIpc) is 3.18. The summed E-state index contributed by atoms with van der Waals surface area (Å²) in [6, 6.07) is 14.9. The third kappa shape index (κ3) is 2.83. The van der Waals surface area contributed by atoms with E-state index in [1.54, 1.807) is 24.3 Å². The van der Waals surface area contributed by atoms with E-state index in [9.17, 15) is 9.59 Å². The fraction of sp³-hybridized carbons (Fsp3) is 0.105. The van der Waals surface area contributed by atoms with Crippen LogP contribution in [0, 0.1) is 0 Å². The van der Waals surface area contributed by atoms with Crippen LogP contribution in [0.2, 0.25) is 0 Å². The van der Waals surface area contributed by atoms with Gasteiger partial charge in [-0.1, -0.05) is 36.4 Å². The minimum Gasteiger partial charge on any atom is -0.367 e. The summed E-state index contributed by atoms with van der Waals surface area (Å²) in [7, 11) is 0. The number of fused-ring (bicyclic) bond motifs is 2. The maximum Gasteiger partial charge on any atom is 0.363 e. The van der Waals surface area contributed by atoms with Crippen LogP contribution in [0.4, 0.5) is 0 Å². The van der Waals surface area contributed by atoms with Gasteiger partial charge in [-0.05, 0) is 24.1 Å². The predicted octanol–water partition coefficient (Wildman–Crippen LogP) is 0.769. The van der Waals surface area contributed by atoms with Crippen molar-refractivity contribution in [2.24, 2.45) is 4.99 Å². The van der Waals surface area contributed by atoms with Gasteiger partial charge < -0.3 is 9.82 Å². The van der Waals surface area contributed by atoms with Crippen molar-refractivity contribution in [3.63, 3.8) is 0 Å². The second kappa shape index (κ2) is 6.33. The standard InChI is InChI=1S/C19H15N3O3/c23-18-17(14-6-2-4-8-16(14)22-18)19(24)25-21-10-9-12-11-20-15-7-3-1-5-13(12)15/h1-8,11,20-21H,9-10H2. The van der Waals surface area contributed by atoms with Crippen molar-refractivity contribution in [2.45, 2.75) is 6.42 Å². The van der Waals surface area contributed by atoms with Crippen LogP contribution in [0.5, 0.6) is 0 Å². The molecule has 1 aliphatic rings. The van der Waals surface area contributed by atoms with Gasteiger partial charge in [0.25, 0.3) is 5.91 Å². The van der Waals surface area contributed by atoms with Gasteiger partial charge in [-0.3, -0.25) is 4.79 Å². The van der Waals surface area contributed by atoms with Gasteiger partial charge in [-0.25, -0.2) is 9.79 Å². The number of benzene rings is 2. The molecule has 1 aromatic heterocycles.